The molecule has 0 bridgehead atoms. The van der Waals surface area contributed by atoms with E-state index in [0.717, 1.165) is 4.90 Å². The molecule has 6 rings (SSSR count). The second kappa shape index (κ2) is 16.4. The largest absolute Gasteiger partial charge is 0.492 e. The molecule has 14 nitrogen and oxygen atoms in total. The van der Waals surface area contributed by atoms with Crippen molar-refractivity contribution in [2.75, 3.05) is 19.8 Å². The third-order valence-corrected chi connectivity index (χ3v) is 14.0. The average molecular weight is 854 g/mol. The van der Waals surface area contributed by atoms with Crippen LogP contribution in [0.1, 0.15) is 79.6 Å². The Labute approximate surface area is 340 Å². The first-order valence-electron chi connectivity index (χ1n) is 19.8. The number of carbonyl (C=O) groups excluding carboxylic acids is 4. The lowest BCUT2D eigenvalue weighted by atomic mass is 9.88. The molecule has 1 aromatic carbocycles. The highest BCUT2D eigenvalue weighted by atomic mass is 32.2. The molecule has 2 aliphatic heterocycles. The van der Waals surface area contributed by atoms with Crippen molar-refractivity contribution < 1.29 is 59.4 Å². The van der Waals surface area contributed by atoms with Crippen LogP contribution in [0.2, 0.25) is 0 Å². The smallest absolute Gasteiger partial charge is 0.427 e. The second-order valence-corrected chi connectivity index (χ2v) is 18.8. The van der Waals surface area contributed by atoms with E-state index in [4.69, 9.17) is 14.2 Å². The first-order chi connectivity index (χ1) is 27.7. The van der Waals surface area contributed by atoms with Crippen molar-refractivity contribution in [3.8, 4) is 11.6 Å². The fraction of sp³-hybridized carbons (Fsp3) is 0.625. The molecule has 2 aromatic rings. The Morgan fingerprint density at radius 2 is 1.78 bits per heavy atom. The summed E-state index contributed by atoms with van der Waals surface area (Å²) >= 11 is 0. The van der Waals surface area contributed by atoms with Gasteiger partial charge in [0.1, 0.15) is 40.9 Å². The molecule has 3 heterocycles. The Morgan fingerprint density at radius 1 is 1.08 bits per heavy atom. The van der Waals surface area contributed by atoms with E-state index in [1.165, 1.54) is 6.20 Å². The van der Waals surface area contributed by atoms with Crippen LogP contribution >= 0.6 is 0 Å². The molecular formula is C40H51F4N5O9S. The second-order valence-electron chi connectivity index (χ2n) is 16.8. The Balaban J connectivity index is 1.36. The molecule has 19 heteroatoms. The highest BCUT2D eigenvalue weighted by molar-refractivity contribution is 7.91. The highest BCUT2D eigenvalue weighted by Crippen LogP contribution is 2.48. The van der Waals surface area contributed by atoms with Crippen molar-refractivity contribution in [2.24, 2.45) is 17.8 Å². The van der Waals surface area contributed by atoms with E-state index in [-0.39, 0.29) is 44.0 Å². The van der Waals surface area contributed by atoms with Gasteiger partial charge in [-0.15, -0.1) is 0 Å². The van der Waals surface area contributed by atoms with E-state index in [9.17, 15) is 45.2 Å². The molecule has 2 aliphatic carbocycles. The van der Waals surface area contributed by atoms with Gasteiger partial charge in [0.05, 0.1) is 19.3 Å². The van der Waals surface area contributed by atoms with Crippen molar-refractivity contribution >= 4 is 44.6 Å². The zero-order valence-electron chi connectivity index (χ0n) is 33.6. The van der Waals surface area contributed by atoms with Crippen LogP contribution in [0.4, 0.5) is 22.4 Å². The molecule has 59 heavy (non-hydrogen) atoms. The van der Waals surface area contributed by atoms with Crippen molar-refractivity contribution in [3.05, 3.63) is 42.6 Å². The van der Waals surface area contributed by atoms with Crippen molar-refractivity contribution in [1.29, 1.82) is 0 Å². The predicted octanol–water partition coefficient (Wildman–Crippen LogP) is 5.25. The maximum Gasteiger partial charge on any atom is 0.427 e. The van der Waals surface area contributed by atoms with Crippen LogP contribution in [0, 0.1) is 17.8 Å². The zero-order chi connectivity index (χ0) is 43.1. The Bertz CT molecular complexity index is 2100. The van der Waals surface area contributed by atoms with Gasteiger partial charge in [-0.05, 0) is 77.2 Å². The lowest BCUT2D eigenvalue weighted by Crippen LogP contribution is -2.60. The number of fused-ring (bicyclic) bond motifs is 3. The third kappa shape index (κ3) is 8.94. The number of hydrogen-bond donors (Lipinski definition) is 3. The van der Waals surface area contributed by atoms with Crippen LogP contribution in [0.25, 0.3) is 10.8 Å². The Kier molecular flexibility index (Phi) is 12.2. The number of aromatic nitrogens is 1. The number of sulfonamides is 1. The van der Waals surface area contributed by atoms with Gasteiger partial charge in [0.15, 0.2) is 0 Å². The molecule has 3 N–H and O–H groups in total. The van der Waals surface area contributed by atoms with Crippen molar-refractivity contribution in [2.45, 2.75) is 120 Å². The molecule has 0 spiro atoms. The minimum atomic E-state index is -4.93. The van der Waals surface area contributed by atoms with E-state index >= 15 is 0 Å². The van der Waals surface area contributed by atoms with Crippen LogP contribution in [0.15, 0.2) is 42.6 Å². The summed E-state index contributed by atoms with van der Waals surface area (Å²) in [6.07, 6.45) is -1.01. The van der Waals surface area contributed by atoms with E-state index in [0.29, 0.717) is 56.2 Å². The molecule has 7 atom stereocenters. The number of allylic oxidation sites excluding steroid dienone is 1. The van der Waals surface area contributed by atoms with Gasteiger partial charge < -0.3 is 29.7 Å². The van der Waals surface area contributed by atoms with Gasteiger partial charge in [0.25, 0.3) is 5.91 Å². The molecule has 2 saturated carbocycles. The van der Waals surface area contributed by atoms with Crippen LogP contribution in [-0.4, -0.2) is 102 Å². The minimum Gasteiger partial charge on any atom is -0.492 e. The van der Waals surface area contributed by atoms with Gasteiger partial charge in [0, 0.05) is 23.1 Å². The van der Waals surface area contributed by atoms with Gasteiger partial charge in [-0.25, -0.2) is 22.6 Å². The molecule has 324 valence electrons. The number of halogens is 4. The number of alkyl halides is 4. The van der Waals surface area contributed by atoms with Crippen LogP contribution < -0.4 is 24.8 Å². The fourth-order valence-corrected chi connectivity index (χ4v) is 9.29. The molecule has 1 aromatic heterocycles. The van der Waals surface area contributed by atoms with Crippen LogP contribution in [0.3, 0.4) is 0 Å². The molecular weight excluding hydrogens is 803 g/mol. The maximum atomic E-state index is 14.8. The Morgan fingerprint density at radius 3 is 2.42 bits per heavy atom. The SMILES string of the molecule is CCOc1cnc(O[C@@H]2C[C@H]3C(=O)N[C@]4(C(=O)NS(=O)(=O)C5(CF)CC5)C[C@H]4/C=C\CC[C@@H](C)C[C@@H](C)[C@H](NC(=O)OC(C)(C)C(F)(F)F)C(=O)N3C2)c2ccccc12. The molecule has 0 unspecified atom stereocenters. The summed E-state index contributed by atoms with van der Waals surface area (Å²) in [7, 11) is -4.46. The minimum absolute atomic E-state index is 0.0134. The summed E-state index contributed by atoms with van der Waals surface area (Å²) in [5.74, 6) is -3.43. The predicted molar refractivity (Wildman–Crippen MR) is 206 cm³/mol. The summed E-state index contributed by atoms with van der Waals surface area (Å²) < 4.78 is 98.6. The van der Waals surface area contributed by atoms with Crippen molar-refractivity contribution in [3.63, 3.8) is 0 Å². The molecule has 4 aliphatic rings. The van der Waals surface area contributed by atoms with Crippen LogP contribution in [0.5, 0.6) is 11.6 Å². The number of amides is 4. The van der Waals surface area contributed by atoms with E-state index in [2.05, 4.69) is 15.6 Å². The number of carbonyl (C=O) groups is 4. The normalized spacial score (nSPS) is 29.1. The first kappa shape index (κ1) is 43.9. The summed E-state index contributed by atoms with van der Waals surface area (Å²) in [4.78, 5) is 61.9. The van der Waals surface area contributed by atoms with Crippen molar-refractivity contribution in [1.82, 2.24) is 25.2 Å². The van der Waals surface area contributed by atoms with Gasteiger partial charge in [-0.3, -0.25) is 19.1 Å². The first-order valence-corrected chi connectivity index (χ1v) is 21.3. The summed E-state index contributed by atoms with van der Waals surface area (Å²) in [5.41, 5.74) is -4.67. The number of nitrogens with zero attached hydrogens (tertiary/aromatic N) is 2. The number of nitrogens with one attached hydrogen (secondary N) is 3. The average Bonchev–Trinajstić information content (AvgIpc) is 4.07. The number of rotatable bonds is 10. The van der Waals surface area contributed by atoms with Gasteiger partial charge >= 0.3 is 12.3 Å². The lowest BCUT2D eigenvalue weighted by molar-refractivity contribution is -0.244. The standard InChI is InChI=1S/C40H51F4N5O9S/c1-6-56-30-20-45-33(28-14-10-9-13-27(28)30)57-26-18-29-32(50)47-39(35(52)48-59(54,55)38(22-41)15-16-38)19-25(39)12-8-7-11-23(2)17-24(3)31(34(51)49(29)21-26)46-36(53)58-37(4,5)40(42,43)44/h8-10,12-14,20,23-26,29,31H,6-7,11,15-19,21-22H2,1-5H3,(H,46,53)(H,47,50)(H,48,52)/b12-8-/t23-,24-,25-,26-,29+,31+,39-/m1/s1. The summed E-state index contributed by atoms with van der Waals surface area (Å²) in [6, 6.07) is 4.29. The quantitative estimate of drug-likeness (QED) is 0.211. The molecule has 4 amide bonds. The van der Waals surface area contributed by atoms with Gasteiger partial charge in [-0.2, -0.15) is 13.2 Å². The number of alkyl carbamates (subject to hydrolysis) is 1. The van der Waals surface area contributed by atoms with E-state index in [1.54, 1.807) is 31.2 Å². The molecule has 1 saturated heterocycles. The van der Waals surface area contributed by atoms with E-state index < -0.39 is 92.6 Å². The maximum absolute atomic E-state index is 14.8. The number of pyridine rings is 1. The zero-order valence-corrected chi connectivity index (χ0v) is 34.4. The molecule has 3 fully saturated rings. The topological polar surface area (TPSA) is 182 Å². The van der Waals surface area contributed by atoms with Gasteiger partial charge in [-0.1, -0.05) is 44.2 Å². The third-order valence-electron chi connectivity index (χ3n) is 11.9. The van der Waals surface area contributed by atoms with E-state index in [1.807, 2.05) is 30.7 Å². The van der Waals surface area contributed by atoms with Gasteiger partial charge in [0.2, 0.25) is 33.3 Å². The lowest BCUT2D eigenvalue weighted by Gasteiger charge is -2.34. The molecule has 0 radical (unpaired) electrons. The summed E-state index contributed by atoms with van der Waals surface area (Å²) in [5, 5.41) is 6.34. The highest BCUT2D eigenvalue weighted by Gasteiger charge is 2.64. The Hall–Kier alpha value is -4.68. The van der Waals surface area contributed by atoms with Crippen LogP contribution in [-0.2, 0) is 29.1 Å². The monoisotopic (exact) mass is 853 g/mol. The number of benzene rings is 1. The number of hydrogen-bond acceptors (Lipinski definition) is 10. The number of ether oxygens (including phenoxy) is 3. The fourth-order valence-electron chi connectivity index (χ4n) is 7.86. The summed E-state index contributed by atoms with van der Waals surface area (Å²) in [6.45, 7) is 5.68.